The molecule has 1 rings (SSSR count). The van der Waals surface area contributed by atoms with E-state index >= 15 is 0 Å². The van der Waals surface area contributed by atoms with Crippen molar-refractivity contribution in [1.29, 1.82) is 0 Å². The van der Waals surface area contributed by atoms with Crippen molar-refractivity contribution < 1.29 is 39.9 Å². The third kappa shape index (κ3) is 6.07. The van der Waals surface area contributed by atoms with Crippen LogP contribution in [0.15, 0.2) is 23.1 Å². The summed E-state index contributed by atoms with van der Waals surface area (Å²) in [6, 6.07) is 2.94. The summed E-state index contributed by atoms with van der Waals surface area (Å²) in [5.41, 5.74) is -1.49. The molecule has 0 bridgehead atoms. The standard InChI is InChI=1S/C14H20F3O6PS/c1-5-24(18,23-22-10(2)3)9-21-25(19,20)13-11(4)7-6-8-12(13)14(15,16)17/h6-8,10H,5,9H2,1-4H3. The molecule has 0 aromatic heterocycles. The highest BCUT2D eigenvalue weighted by Gasteiger charge is 2.39. The predicted octanol–water partition coefficient (Wildman–Crippen LogP) is 4.33. The largest absolute Gasteiger partial charge is 0.417 e. The van der Waals surface area contributed by atoms with Crippen LogP contribution in [-0.2, 0) is 34.6 Å². The van der Waals surface area contributed by atoms with E-state index < -0.39 is 46.6 Å². The van der Waals surface area contributed by atoms with Gasteiger partial charge in [-0.3, -0.25) is 8.75 Å². The van der Waals surface area contributed by atoms with Gasteiger partial charge >= 0.3 is 6.18 Å². The van der Waals surface area contributed by atoms with Crippen LogP contribution in [0.1, 0.15) is 31.9 Å². The van der Waals surface area contributed by atoms with Crippen LogP contribution < -0.4 is 0 Å². The molecule has 0 spiro atoms. The summed E-state index contributed by atoms with van der Waals surface area (Å²) in [6.45, 7) is 5.86. The third-order valence-corrected chi connectivity index (χ3v) is 6.51. The maximum Gasteiger partial charge on any atom is 0.417 e. The second kappa shape index (κ2) is 8.18. The van der Waals surface area contributed by atoms with E-state index in [1.807, 2.05) is 0 Å². The molecule has 1 aromatic rings. The van der Waals surface area contributed by atoms with Gasteiger partial charge in [-0.1, -0.05) is 19.1 Å². The molecule has 11 heteroatoms. The Labute approximate surface area is 144 Å². The Hall–Kier alpha value is -0.930. The molecule has 6 nitrogen and oxygen atoms in total. The van der Waals surface area contributed by atoms with Gasteiger partial charge in [-0.15, -0.1) is 0 Å². The van der Waals surface area contributed by atoms with Crippen LogP contribution in [0.5, 0.6) is 0 Å². The van der Waals surface area contributed by atoms with Gasteiger partial charge in [0.1, 0.15) is 11.2 Å². The summed E-state index contributed by atoms with van der Waals surface area (Å²) in [5, 5.41) is 0. The zero-order chi connectivity index (χ0) is 19.5. The smallest absolute Gasteiger partial charge is 0.288 e. The molecule has 0 saturated heterocycles. The molecule has 0 aliphatic carbocycles. The molecule has 0 fully saturated rings. The molecule has 1 aromatic carbocycles. The van der Waals surface area contributed by atoms with Crippen molar-refractivity contribution in [3.8, 4) is 0 Å². The lowest BCUT2D eigenvalue weighted by atomic mass is 10.1. The number of hydrogen-bond donors (Lipinski definition) is 0. The Morgan fingerprint density at radius 2 is 1.84 bits per heavy atom. The highest BCUT2D eigenvalue weighted by atomic mass is 32.2. The zero-order valence-electron chi connectivity index (χ0n) is 14.2. The Kier molecular flexibility index (Phi) is 7.23. The van der Waals surface area contributed by atoms with E-state index in [0.717, 1.165) is 6.07 Å². The normalized spacial score (nSPS) is 15.4. The second-order valence-corrected chi connectivity index (χ2v) is 9.72. The molecule has 144 valence electrons. The minimum absolute atomic E-state index is 0.116. The highest BCUT2D eigenvalue weighted by Crippen LogP contribution is 2.48. The van der Waals surface area contributed by atoms with Crippen molar-refractivity contribution in [3.63, 3.8) is 0 Å². The Morgan fingerprint density at radius 3 is 2.32 bits per heavy atom. The van der Waals surface area contributed by atoms with Crippen LogP contribution in [0.4, 0.5) is 13.2 Å². The van der Waals surface area contributed by atoms with E-state index in [4.69, 9.17) is 9.56 Å². The van der Waals surface area contributed by atoms with Gasteiger partial charge in [0.15, 0.2) is 0 Å². The molecule has 0 heterocycles. The molecule has 0 saturated carbocycles. The van der Waals surface area contributed by atoms with Crippen LogP contribution in [0.3, 0.4) is 0 Å². The monoisotopic (exact) mass is 404 g/mol. The van der Waals surface area contributed by atoms with Gasteiger partial charge in [-0.2, -0.15) is 26.3 Å². The highest BCUT2D eigenvalue weighted by molar-refractivity contribution is 7.87. The maximum atomic E-state index is 13.1. The Balaban J connectivity index is 3.13. The van der Waals surface area contributed by atoms with Crippen LogP contribution in [-0.4, -0.2) is 27.0 Å². The van der Waals surface area contributed by atoms with Gasteiger partial charge in [-0.05, 0) is 32.4 Å². The summed E-state index contributed by atoms with van der Waals surface area (Å²) in [5.74, 6) is 0. The quantitative estimate of drug-likeness (QED) is 0.278. The lowest BCUT2D eigenvalue weighted by Crippen LogP contribution is -2.18. The summed E-state index contributed by atoms with van der Waals surface area (Å²) in [6.07, 6.45) is -6.37. The molecular formula is C14H20F3O6PS. The lowest BCUT2D eigenvalue weighted by molar-refractivity contribution is -0.234. The lowest BCUT2D eigenvalue weighted by Gasteiger charge is -2.19. The maximum absolute atomic E-state index is 13.1. The fourth-order valence-electron chi connectivity index (χ4n) is 1.75. The first kappa shape index (κ1) is 22.1. The summed E-state index contributed by atoms with van der Waals surface area (Å²) >= 11 is 0. The number of alkyl halides is 3. The number of benzene rings is 1. The van der Waals surface area contributed by atoms with E-state index in [1.165, 1.54) is 19.9 Å². The minimum atomic E-state index is -4.89. The summed E-state index contributed by atoms with van der Waals surface area (Å²) in [4.78, 5) is 3.75. The summed E-state index contributed by atoms with van der Waals surface area (Å²) in [7, 11) is -8.46. The van der Waals surface area contributed by atoms with Gasteiger partial charge in [0.2, 0.25) is 0 Å². The topological polar surface area (TPSA) is 78.9 Å². The number of halogens is 3. The minimum Gasteiger partial charge on any atom is -0.288 e. The van der Waals surface area contributed by atoms with Crippen LogP contribution in [0.2, 0.25) is 0 Å². The van der Waals surface area contributed by atoms with Crippen molar-refractivity contribution in [3.05, 3.63) is 29.3 Å². The molecule has 0 aliphatic heterocycles. The average Bonchev–Trinajstić information content (AvgIpc) is 2.50. The SMILES string of the molecule is CCP(=O)(COS(=O)(=O)c1c(C)cccc1C(F)(F)F)OOC(C)C. The fraction of sp³-hybridized carbons (Fsp3) is 0.571. The molecule has 0 amide bonds. The molecule has 25 heavy (non-hydrogen) atoms. The van der Waals surface area contributed by atoms with Crippen LogP contribution in [0, 0.1) is 6.92 Å². The van der Waals surface area contributed by atoms with Crippen molar-refractivity contribution >= 4 is 17.5 Å². The number of aryl methyl sites for hydroxylation is 1. The predicted molar refractivity (Wildman–Crippen MR) is 84.8 cm³/mol. The van der Waals surface area contributed by atoms with E-state index in [9.17, 15) is 26.2 Å². The molecule has 1 unspecified atom stereocenters. The molecule has 0 radical (unpaired) electrons. The summed E-state index contributed by atoms with van der Waals surface area (Å²) < 4.78 is 85.6. The zero-order valence-corrected chi connectivity index (χ0v) is 15.9. The first-order valence-corrected chi connectivity index (χ1v) is 10.7. The average molecular weight is 404 g/mol. The first-order valence-electron chi connectivity index (χ1n) is 7.32. The van der Waals surface area contributed by atoms with Gasteiger partial charge in [0.25, 0.3) is 17.5 Å². The van der Waals surface area contributed by atoms with Crippen LogP contribution >= 0.6 is 7.37 Å². The molecule has 1 atom stereocenters. The van der Waals surface area contributed by atoms with E-state index in [-0.39, 0.29) is 11.7 Å². The van der Waals surface area contributed by atoms with Gasteiger partial charge < -0.3 is 0 Å². The van der Waals surface area contributed by atoms with Gasteiger partial charge in [0.05, 0.1) is 11.7 Å². The third-order valence-electron chi connectivity index (χ3n) is 3.02. The van der Waals surface area contributed by atoms with Gasteiger partial charge in [0, 0.05) is 6.16 Å². The van der Waals surface area contributed by atoms with Gasteiger partial charge in [-0.25, -0.2) is 4.89 Å². The number of hydrogen-bond acceptors (Lipinski definition) is 6. The number of rotatable bonds is 8. The van der Waals surface area contributed by atoms with Crippen LogP contribution in [0.25, 0.3) is 0 Å². The van der Waals surface area contributed by atoms with E-state index in [2.05, 4.69) is 4.18 Å². The fourth-order valence-corrected chi connectivity index (χ4v) is 4.64. The van der Waals surface area contributed by atoms with E-state index in [0.29, 0.717) is 6.07 Å². The first-order chi connectivity index (χ1) is 11.3. The Bertz CT molecular complexity index is 745. The van der Waals surface area contributed by atoms with Crippen molar-refractivity contribution in [2.24, 2.45) is 0 Å². The molecule has 0 aliphatic rings. The second-order valence-electron chi connectivity index (χ2n) is 5.50. The van der Waals surface area contributed by atoms with Crippen molar-refractivity contribution in [1.82, 2.24) is 0 Å². The van der Waals surface area contributed by atoms with E-state index in [1.54, 1.807) is 13.8 Å². The Morgan fingerprint density at radius 1 is 1.24 bits per heavy atom. The van der Waals surface area contributed by atoms with Crippen molar-refractivity contribution in [2.45, 2.75) is 44.9 Å². The molecular weight excluding hydrogens is 384 g/mol. The molecule has 0 N–H and O–H groups in total. The van der Waals surface area contributed by atoms with Crippen molar-refractivity contribution in [2.75, 3.05) is 12.5 Å².